The van der Waals surface area contributed by atoms with Crippen LogP contribution in [0.4, 0.5) is 10.2 Å². The third-order valence-electron chi connectivity index (χ3n) is 9.09. The van der Waals surface area contributed by atoms with Crippen LogP contribution in [-0.2, 0) is 17.8 Å². The van der Waals surface area contributed by atoms with E-state index in [-0.39, 0.29) is 12.1 Å². The summed E-state index contributed by atoms with van der Waals surface area (Å²) in [6.07, 6.45) is 4.88. The molecule has 2 unspecified atom stereocenters. The van der Waals surface area contributed by atoms with Gasteiger partial charge in [0.05, 0.1) is 17.4 Å². The van der Waals surface area contributed by atoms with Crippen molar-refractivity contribution in [3.8, 4) is 6.01 Å². The molecule has 11 heteroatoms. The topological polar surface area (TPSA) is 93.7 Å². The second-order valence-electron chi connectivity index (χ2n) is 11.8. The fraction of sp³-hybridized carbons (Fsp3) is 0.533. The Kier molecular flexibility index (Phi) is 7.41. The zero-order valence-electron chi connectivity index (χ0n) is 24.4. The molecule has 0 bridgehead atoms. The number of carbonyl (C=O) groups excluding carboxylic acids is 1. The summed E-state index contributed by atoms with van der Waals surface area (Å²) >= 11 is 0. The molecule has 218 valence electrons. The van der Waals surface area contributed by atoms with E-state index in [9.17, 15) is 9.18 Å². The van der Waals surface area contributed by atoms with Gasteiger partial charge in [-0.3, -0.25) is 14.8 Å². The van der Waals surface area contributed by atoms with Gasteiger partial charge < -0.3 is 19.4 Å². The smallest absolute Gasteiger partial charge is 0.318 e. The number of aromatic nitrogens is 4. The molecule has 2 fully saturated rings. The standard InChI is InChI=1S/C30H39FN8O2/c1-18-8-9-24-22(14-32-35-24)27(18)26-13-25-23(16-37(26)5)28(34-30(33-25)41-17-21-7-6-10-36(21)4)39-12-11-38(15-19(39)2)29(40)20(3)31/h8-9,14,19,21,26H,3,6-7,10-13,15-17H2,1-2,4-5H3,(H,32,35)/t19-,21?,26?/m0/s1. The fourth-order valence-electron chi connectivity index (χ4n) is 6.73. The highest BCUT2D eigenvalue weighted by atomic mass is 19.1. The summed E-state index contributed by atoms with van der Waals surface area (Å²) < 4.78 is 19.9. The number of hydrogen-bond acceptors (Lipinski definition) is 8. The van der Waals surface area contributed by atoms with E-state index in [4.69, 9.17) is 14.7 Å². The maximum Gasteiger partial charge on any atom is 0.318 e. The van der Waals surface area contributed by atoms with Crippen LogP contribution in [0.2, 0.25) is 0 Å². The van der Waals surface area contributed by atoms with Gasteiger partial charge in [-0.1, -0.05) is 12.6 Å². The molecular formula is C30H39FN8O2. The van der Waals surface area contributed by atoms with Gasteiger partial charge in [-0.2, -0.15) is 15.1 Å². The van der Waals surface area contributed by atoms with Gasteiger partial charge in [0.25, 0.3) is 5.91 Å². The predicted molar refractivity (Wildman–Crippen MR) is 156 cm³/mol. The molecule has 0 spiro atoms. The molecule has 0 saturated carbocycles. The van der Waals surface area contributed by atoms with E-state index >= 15 is 0 Å². The Balaban J connectivity index is 1.35. The number of anilines is 1. The predicted octanol–water partition coefficient (Wildman–Crippen LogP) is 3.38. The van der Waals surface area contributed by atoms with Crippen molar-refractivity contribution >= 4 is 22.6 Å². The number of rotatable bonds is 6. The minimum Gasteiger partial charge on any atom is -0.462 e. The van der Waals surface area contributed by atoms with Crippen molar-refractivity contribution in [3.63, 3.8) is 0 Å². The number of hydrogen-bond donors (Lipinski definition) is 1. The summed E-state index contributed by atoms with van der Waals surface area (Å²) in [5.74, 6) is -0.725. The Bertz CT molecular complexity index is 1470. The summed E-state index contributed by atoms with van der Waals surface area (Å²) in [6, 6.07) is 5.01. The van der Waals surface area contributed by atoms with Crippen LogP contribution in [0.1, 0.15) is 48.2 Å². The lowest BCUT2D eigenvalue weighted by Crippen LogP contribution is -2.54. The first-order valence-corrected chi connectivity index (χ1v) is 14.5. The van der Waals surface area contributed by atoms with Gasteiger partial charge in [0, 0.05) is 61.7 Å². The number of halogens is 1. The lowest BCUT2D eigenvalue weighted by Gasteiger charge is -2.43. The molecule has 1 amide bonds. The van der Waals surface area contributed by atoms with Gasteiger partial charge >= 0.3 is 6.01 Å². The number of ether oxygens (including phenoxy) is 1. The van der Waals surface area contributed by atoms with Gasteiger partial charge in [-0.05, 0) is 64.5 Å². The van der Waals surface area contributed by atoms with E-state index in [2.05, 4.69) is 64.6 Å². The number of amides is 1. The Labute approximate surface area is 240 Å². The zero-order chi connectivity index (χ0) is 28.8. The summed E-state index contributed by atoms with van der Waals surface area (Å²) in [6.45, 7) is 11.0. The second-order valence-corrected chi connectivity index (χ2v) is 11.8. The molecule has 0 aliphatic carbocycles. The molecule has 0 radical (unpaired) electrons. The van der Waals surface area contributed by atoms with Crippen LogP contribution in [0, 0.1) is 6.92 Å². The minimum absolute atomic E-state index is 0.0650. The molecule has 10 nitrogen and oxygen atoms in total. The van der Waals surface area contributed by atoms with Gasteiger partial charge in [0.2, 0.25) is 0 Å². The fourth-order valence-corrected chi connectivity index (χ4v) is 6.73. The normalized spacial score (nSPS) is 23.7. The number of likely N-dealkylation sites (tertiary alicyclic amines) is 1. The Morgan fingerprint density at radius 2 is 2.02 bits per heavy atom. The van der Waals surface area contributed by atoms with Crippen LogP contribution in [0.15, 0.2) is 30.7 Å². The van der Waals surface area contributed by atoms with Gasteiger partial charge in [-0.15, -0.1) is 0 Å². The highest BCUT2D eigenvalue weighted by molar-refractivity contribution is 5.90. The van der Waals surface area contributed by atoms with Crippen LogP contribution >= 0.6 is 0 Å². The molecule has 3 atom stereocenters. The Hall–Kier alpha value is -3.57. The van der Waals surface area contributed by atoms with E-state index in [1.54, 1.807) is 0 Å². The lowest BCUT2D eigenvalue weighted by atomic mass is 9.89. The number of nitrogens with one attached hydrogen (secondary N) is 1. The maximum absolute atomic E-state index is 13.6. The Morgan fingerprint density at radius 1 is 1.20 bits per heavy atom. The lowest BCUT2D eigenvalue weighted by molar-refractivity contribution is -0.129. The first-order valence-electron chi connectivity index (χ1n) is 14.5. The molecule has 2 saturated heterocycles. The van der Waals surface area contributed by atoms with Crippen LogP contribution in [0.3, 0.4) is 0 Å². The van der Waals surface area contributed by atoms with Crippen molar-refractivity contribution in [2.75, 3.05) is 51.8 Å². The van der Waals surface area contributed by atoms with Crippen molar-refractivity contribution in [1.29, 1.82) is 0 Å². The quantitative estimate of drug-likeness (QED) is 0.457. The Morgan fingerprint density at radius 3 is 2.76 bits per heavy atom. The van der Waals surface area contributed by atoms with Crippen molar-refractivity contribution in [3.05, 3.63) is 53.1 Å². The van der Waals surface area contributed by atoms with Crippen molar-refractivity contribution < 1.29 is 13.9 Å². The maximum atomic E-state index is 13.6. The average Bonchev–Trinajstić information content (AvgIpc) is 3.59. The minimum atomic E-state index is -0.923. The first-order chi connectivity index (χ1) is 19.7. The summed E-state index contributed by atoms with van der Waals surface area (Å²) in [4.78, 5) is 30.7. The van der Waals surface area contributed by atoms with Crippen LogP contribution in [0.5, 0.6) is 6.01 Å². The highest BCUT2D eigenvalue weighted by Crippen LogP contribution is 2.40. The number of aryl methyl sites for hydroxylation is 1. The molecule has 3 aliphatic heterocycles. The van der Waals surface area contributed by atoms with Crippen molar-refractivity contribution in [2.24, 2.45) is 0 Å². The number of piperazine rings is 1. The molecule has 3 aliphatic rings. The van der Waals surface area contributed by atoms with E-state index in [0.717, 1.165) is 40.9 Å². The summed E-state index contributed by atoms with van der Waals surface area (Å²) in [5, 5.41) is 8.54. The number of aromatic amines is 1. The molecule has 1 N–H and O–H groups in total. The third-order valence-corrected chi connectivity index (χ3v) is 9.09. The molecule has 3 aromatic rings. The highest BCUT2D eigenvalue weighted by Gasteiger charge is 2.36. The van der Waals surface area contributed by atoms with Crippen molar-refractivity contribution in [2.45, 2.75) is 57.8 Å². The number of H-pyrrole nitrogens is 1. The van der Waals surface area contributed by atoms with Crippen LogP contribution in [-0.4, -0.2) is 99.7 Å². The number of benzene rings is 1. The number of carbonyl (C=O) groups is 1. The summed E-state index contributed by atoms with van der Waals surface area (Å²) in [7, 11) is 4.27. The molecule has 41 heavy (non-hydrogen) atoms. The molecule has 6 rings (SSSR count). The number of fused-ring (bicyclic) bond motifs is 2. The van der Waals surface area contributed by atoms with Crippen LogP contribution < -0.4 is 9.64 Å². The van der Waals surface area contributed by atoms with E-state index in [0.29, 0.717) is 51.3 Å². The van der Waals surface area contributed by atoms with Gasteiger partial charge in [0.1, 0.15) is 12.4 Å². The monoisotopic (exact) mass is 562 g/mol. The zero-order valence-corrected chi connectivity index (χ0v) is 24.4. The van der Waals surface area contributed by atoms with Crippen molar-refractivity contribution in [1.82, 2.24) is 34.9 Å². The average molecular weight is 563 g/mol. The number of nitrogens with zero attached hydrogens (tertiary/aromatic N) is 7. The molecule has 5 heterocycles. The van der Waals surface area contributed by atoms with E-state index in [1.807, 2.05) is 13.1 Å². The van der Waals surface area contributed by atoms with E-state index in [1.165, 1.54) is 22.4 Å². The SMILES string of the molecule is C=C(F)C(=O)N1CCN(c2nc(OCC3CCCN3C)nc3c2CN(C)C(c2c(C)ccc4[nH]ncc24)C3)[C@@H](C)C1. The number of likely N-dealkylation sites (N-methyl/N-ethyl adjacent to an activating group) is 2. The van der Waals surface area contributed by atoms with Gasteiger partial charge in [-0.25, -0.2) is 4.39 Å². The molecule has 2 aromatic heterocycles. The largest absolute Gasteiger partial charge is 0.462 e. The first kappa shape index (κ1) is 27.6. The van der Waals surface area contributed by atoms with Gasteiger partial charge in [0.15, 0.2) is 5.83 Å². The third kappa shape index (κ3) is 5.17. The summed E-state index contributed by atoms with van der Waals surface area (Å²) in [5.41, 5.74) is 5.56. The molecular weight excluding hydrogens is 523 g/mol. The van der Waals surface area contributed by atoms with E-state index < -0.39 is 11.7 Å². The molecule has 1 aromatic carbocycles. The second kappa shape index (κ2) is 11.0. The van der Waals surface area contributed by atoms with Crippen LogP contribution in [0.25, 0.3) is 10.9 Å².